The molecule has 0 unspecified atom stereocenters. The number of aryl methyl sites for hydroxylation is 1. The van der Waals surface area contributed by atoms with E-state index in [2.05, 4.69) is 9.55 Å². The van der Waals surface area contributed by atoms with Crippen LogP contribution in [0, 0.1) is 12.7 Å². The van der Waals surface area contributed by atoms with E-state index < -0.39 is 0 Å². The Labute approximate surface area is 166 Å². The van der Waals surface area contributed by atoms with Crippen molar-refractivity contribution in [3.63, 3.8) is 0 Å². The molecule has 0 spiro atoms. The molecule has 0 fully saturated rings. The monoisotopic (exact) mass is 399 g/mol. The van der Waals surface area contributed by atoms with Crippen molar-refractivity contribution in [2.45, 2.75) is 13.5 Å². The van der Waals surface area contributed by atoms with E-state index in [4.69, 9.17) is 28.9 Å². The molecule has 2 aromatic heterocycles. The summed E-state index contributed by atoms with van der Waals surface area (Å²) in [7, 11) is 0. The molecule has 3 nitrogen and oxygen atoms in total. The van der Waals surface area contributed by atoms with Crippen LogP contribution < -0.4 is 5.73 Å². The van der Waals surface area contributed by atoms with E-state index in [9.17, 15) is 4.39 Å². The summed E-state index contributed by atoms with van der Waals surface area (Å²) in [4.78, 5) is 4.15. The van der Waals surface area contributed by atoms with Crippen LogP contribution in [0.5, 0.6) is 0 Å². The zero-order valence-electron chi connectivity index (χ0n) is 14.5. The number of anilines is 1. The molecular weight excluding hydrogens is 384 g/mol. The largest absolute Gasteiger partial charge is 0.384 e. The predicted octanol–water partition coefficient (Wildman–Crippen LogP) is 6.09. The number of hydrogen-bond donors (Lipinski definition) is 1. The molecule has 0 atom stereocenters. The number of nitrogen functional groups attached to an aromatic ring is 1. The fourth-order valence-electron chi connectivity index (χ4n) is 3.32. The number of aromatic nitrogens is 2. The number of benzene rings is 2. The van der Waals surface area contributed by atoms with Crippen molar-refractivity contribution in [2.24, 2.45) is 0 Å². The maximum atomic E-state index is 14.3. The maximum Gasteiger partial charge on any atom is 0.124 e. The summed E-state index contributed by atoms with van der Waals surface area (Å²) < 4.78 is 16.4. The van der Waals surface area contributed by atoms with Gasteiger partial charge in [-0.2, -0.15) is 0 Å². The van der Waals surface area contributed by atoms with E-state index >= 15 is 0 Å². The van der Waals surface area contributed by atoms with Gasteiger partial charge in [-0.15, -0.1) is 0 Å². The standard InChI is InChI=1S/C21H16Cl2FN3/c1-12-10-27(11-14-2-4-15(22)6-19(14)23)21-17(12)7-16(24)8-18(21)13-3-5-20(25)26-9-13/h2-10H,11H2,1H3,(H2,25,26). The lowest BCUT2D eigenvalue weighted by Gasteiger charge is -2.12. The minimum Gasteiger partial charge on any atom is -0.384 e. The van der Waals surface area contributed by atoms with Crippen LogP contribution in [0.25, 0.3) is 22.0 Å². The first-order valence-corrected chi connectivity index (χ1v) is 9.13. The Hall–Kier alpha value is -2.56. The first kappa shape index (κ1) is 17.8. The summed E-state index contributed by atoms with van der Waals surface area (Å²) in [6.07, 6.45) is 3.66. The molecule has 6 heteroatoms. The molecule has 2 heterocycles. The van der Waals surface area contributed by atoms with Crippen LogP contribution in [0.2, 0.25) is 10.0 Å². The van der Waals surface area contributed by atoms with Crippen LogP contribution in [0.1, 0.15) is 11.1 Å². The van der Waals surface area contributed by atoms with Crippen LogP contribution in [-0.4, -0.2) is 9.55 Å². The summed E-state index contributed by atoms with van der Waals surface area (Å²) in [5.74, 6) is 0.130. The Kier molecular flexibility index (Phi) is 4.54. The molecule has 0 radical (unpaired) electrons. The van der Waals surface area contributed by atoms with Gasteiger partial charge in [0.25, 0.3) is 0 Å². The lowest BCUT2D eigenvalue weighted by atomic mass is 10.0. The zero-order chi connectivity index (χ0) is 19.1. The van der Waals surface area contributed by atoms with Crippen molar-refractivity contribution in [3.8, 4) is 11.1 Å². The van der Waals surface area contributed by atoms with Gasteiger partial charge in [-0.25, -0.2) is 9.37 Å². The van der Waals surface area contributed by atoms with Crippen molar-refractivity contribution in [3.05, 3.63) is 81.8 Å². The number of nitrogens with zero attached hydrogens (tertiary/aromatic N) is 2. The lowest BCUT2D eigenvalue weighted by Crippen LogP contribution is -2.00. The second-order valence-corrected chi connectivity index (χ2v) is 7.34. The first-order chi connectivity index (χ1) is 12.9. The third-order valence-corrected chi connectivity index (χ3v) is 5.18. The Morgan fingerprint density at radius 2 is 1.93 bits per heavy atom. The highest BCUT2D eigenvalue weighted by Crippen LogP contribution is 2.34. The van der Waals surface area contributed by atoms with Crippen molar-refractivity contribution in [1.29, 1.82) is 0 Å². The normalized spacial score (nSPS) is 11.3. The molecule has 0 aliphatic carbocycles. The number of halogens is 3. The van der Waals surface area contributed by atoms with Gasteiger partial charge in [-0.1, -0.05) is 29.3 Å². The molecule has 0 aliphatic rings. The highest BCUT2D eigenvalue weighted by atomic mass is 35.5. The fraction of sp³-hybridized carbons (Fsp3) is 0.0952. The van der Waals surface area contributed by atoms with Crippen LogP contribution in [0.4, 0.5) is 10.2 Å². The minimum absolute atomic E-state index is 0.292. The molecule has 0 aliphatic heterocycles. The van der Waals surface area contributed by atoms with E-state index in [0.29, 0.717) is 22.4 Å². The topological polar surface area (TPSA) is 43.8 Å². The van der Waals surface area contributed by atoms with Gasteiger partial charge in [-0.3, -0.25) is 0 Å². The van der Waals surface area contributed by atoms with E-state index in [0.717, 1.165) is 33.2 Å². The summed E-state index contributed by atoms with van der Waals surface area (Å²) in [5.41, 5.74) is 10.1. The van der Waals surface area contributed by atoms with Crippen molar-refractivity contribution >= 4 is 39.9 Å². The highest BCUT2D eigenvalue weighted by molar-refractivity contribution is 6.35. The van der Waals surface area contributed by atoms with Crippen LogP contribution in [0.15, 0.2) is 54.9 Å². The van der Waals surface area contributed by atoms with Crippen molar-refractivity contribution in [2.75, 3.05) is 5.73 Å². The Morgan fingerprint density at radius 3 is 2.63 bits per heavy atom. The maximum absolute atomic E-state index is 14.3. The second-order valence-electron chi connectivity index (χ2n) is 6.50. The van der Waals surface area contributed by atoms with Crippen LogP contribution >= 0.6 is 23.2 Å². The van der Waals surface area contributed by atoms with Gasteiger partial charge in [0.15, 0.2) is 0 Å². The predicted molar refractivity (Wildman–Crippen MR) is 110 cm³/mol. The van der Waals surface area contributed by atoms with Gasteiger partial charge >= 0.3 is 0 Å². The molecule has 136 valence electrons. The number of rotatable bonds is 3. The first-order valence-electron chi connectivity index (χ1n) is 8.37. The smallest absolute Gasteiger partial charge is 0.124 e. The minimum atomic E-state index is -0.292. The molecule has 4 rings (SSSR count). The summed E-state index contributed by atoms with van der Waals surface area (Å²) in [6.45, 7) is 2.51. The zero-order valence-corrected chi connectivity index (χ0v) is 16.0. The van der Waals surface area contributed by atoms with Gasteiger partial charge < -0.3 is 10.3 Å². The van der Waals surface area contributed by atoms with E-state index in [1.54, 1.807) is 24.4 Å². The van der Waals surface area contributed by atoms with E-state index in [-0.39, 0.29) is 5.82 Å². The Bertz CT molecular complexity index is 1150. The molecule has 0 saturated carbocycles. The van der Waals surface area contributed by atoms with Crippen molar-refractivity contribution < 1.29 is 4.39 Å². The number of pyridine rings is 1. The summed E-state index contributed by atoms with van der Waals surface area (Å²) in [6, 6.07) is 12.1. The van der Waals surface area contributed by atoms with Gasteiger partial charge in [0.1, 0.15) is 11.6 Å². The van der Waals surface area contributed by atoms with Gasteiger partial charge in [-0.05, 0) is 54.4 Å². The quantitative estimate of drug-likeness (QED) is 0.452. The van der Waals surface area contributed by atoms with E-state index in [1.165, 1.54) is 6.07 Å². The molecule has 4 aromatic rings. The molecule has 27 heavy (non-hydrogen) atoms. The van der Waals surface area contributed by atoms with Gasteiger partial charge in [0.2, 0.25) is 0 Å². The van der Waals surface area contributed by atoms with E-state index in [1.807, 2.05) is 31.3 Å². The average Bonchev–Trinajstić information content (AvgIpc) is 2.93. The average molecular weight is 400 g/mol. The third kappa shape index (κ3) is 3.38. The Balaban J connectivity index is 1.92. The number of hydrogen-bond acceptors (Lipinski definition) is 2. The molecule has 0 saturated heterocycles. The number of fused-ring (bicyclic) bond motifs is 1. The molecular formula is C21H16Cl2FN3. The Morgan fingerprint density at radius 1 is 1.11 bits per heavy atom. The van der Waals surface area contributed by atoms with Crippen LogP contribution in [0.3, 0.4) is 0 Å². The third-order valence-electron chi connectivity index (χ3n) is 4.59. The highest BCUT2D eigenvalue weighted by Gasteiger charge is 2.15. The lowest BCUT2D eigenvalue weighted by molar-refractivity contribution is 0.630. The molecule has 2 aromatic carbocycles. The molecule has 2 N–H and O–H groups in total. The van der Waals surface area contributed by atoms with Gasteiger partial charge in [0, 0.05) is 45.5 Å². The molecule has 0 amide bonds. The summed E-state index contributed by atoms with van der Waals surface area (Å²) in [5, 5.41) is 2.04. The SMILES string of the molecule is Cc1cn(Cc2ccc(Cl)cc2Cl)c2c(-c3ccc(N)nc3)cc(F)cc12. The molecule has 0 bridgehead atoms. The second kappa shape index (κ2) is 6.87. The fourth-order valence-corrected chi connectivity index (χ4v) is 3.79. The van der Waals surface area contributed by atoms with Gasteiger partial charge in [0.05, 0.1) is 5.52 Å². The summed E-state index contributed by atoms with van der Waals surface area (Å²) >= 11 is 12.4. The van der Waals surface area contributed by atoms with Crippen LogP contribution in [-0.2, 0) is 6.54 Å². The van der Waals surface area contributed by atoms with Crippen molar-refractivity contribution in [1.82, 2.24) is 9.55 Å². The number of nitrogens with two attached hydrogens (primary N) is 1.